The first-order valence-corrected chi connectivity index (χ1v) is 9.69. The lowest BCUT2D eigenvalue weighted by Gasteiger charge is -2.34. The van der Waals surface area contributed by atoms with Gasteiger partial charge in [-0.25, -0.2) is 9.37 Å². The van der Waals surface area contributed by atoms with Crippen molar-refractivity contribution in [2.45, 2.75) is 13.1 Å². The van der Waals surface area contributed by atoms with E-state index in [0.29, 0.717) is 18.1 Å². The number of hydrogen-bond acceptors (Lipinski definition) is 5. The highest BCUT2D eigenvalue weighted by Gasteiger charge is 2.19. The topological polar surface area (TPSA) is 40.9 Å². The van der Waals surface area contributed by atoms with Crippen molar-refractivity contribution in [1.29, 1.82) is 0 Å². The van der Waals surface area contributed by atoms with E-state index in [4.69, 9.17) is 11.6 Å². The molecule has 1 saturated heterocycles. The summed E-state index contributed by atoms with van der Waals surface area (Å²) in [4.78, 5) is 22.0. The van der Waals surface area contributed by atoms with E-state index >= 15 is 0 Å². The summed E-state index contributed by atoms with van der Waals surface area (Å²) in [6.45, 7) is 4.97. The minimum absolute atomic E-state index is 0.0316. The molecule has 26 heavy (non-hydrogen) atoms. The van der Waals surface area contributed by atoms with Crippen LogP contribution in [-0.2, 0) is 13.1 Å². The Balaban J connectivity index is 1.36. The molecule has 0 unspecified atom stereocenters. The summed E-state index contributed by atoms with van der Waals surface area (Å²) >= 11 is 7.59. The van der Waals surface area contributed by atoms with Crippen LogP contribution in [0.4, 0.5) is 4.39 Å². The van der Waals surface area contributed by atoms with E-state index in [-0.39, 0.29) is 11.4 Å². The molecule has 8 heteroatoms. The Morgan fingerprint density at radius 2 is 1.85 bits per heavy atom. The third-order valence-electron chi connectivity index (χ3n) is 4.62. The Morgan fingerprint density at radius 3 is 2.58 bits per heavy atom. The van der Waals surface area contributed by atoms with Crippen molar-refractivity contribution >= 4 is 27.9 Å². The van der Waals surface area contributed by atoms with Gasteiger partial charge in [0.1, 0.15) is 5.82 Å². The van der Waals surface area contributed by atoms with Gasteiger partial charge in [0.2, 0.25) is 0 Å². The first kappa shape index (κ1) is 17.6. The van der Waals surface area contributed by atoms with Crippen molar-refractivity contribution < 1.29 is 4.39 Å². The normalized spacial score (nSPS) is 16.4. The molecule has 136 valence electrons. The predicted octanol–water partition coefficient (Wildman–Crippen LogP) is 2.87. The van der Waals surface area contributed by atoms with Crippen LogP contribution in [0.1, 0.15) is 11.3 Å². The number of benzene rings is 1. The van der Waals surface area contributed by atoms with Crippen LogP contribution in [0.25, 0.3) is 4.96 Å². The molecule has 2 aromatic heterocycles. The lowest BCUT2D eigenvalue weighted by atomic mass is 10.2. The summed E-state index contributed by atoms with van der Waals surface area (Å²) in [5.41, 5.74) is 1.72. The zero-order chi connectivity index (χ0) is 18.1. The summed E-state index contributed by atoms with van der Waals surface area (Å²) in [6.07, 6.45) is 1.75. The standard InChI is InChI=1S/C18H18ClFN4OS/c19-16-9-14(20)2-1-13(16)11-22-3-5-23(6-4-22)12-15-10-17(25)24-7-8-26-18(24)21-15/h1-2,7-10H,3-6,11-12H2. The lowest BCUT2D eigenvalue weighted by Crippen LogP contribution is -2.45. The monoisotopic (exact) mass is 392 g/mol. The summed E-state index contributed by atoms with van der Waals surface area (Å²) in [6, 6.07) is 6.17. The number of aromatic nitrogens is 2. The Morgan fingerprint density at radius 1 is 1.12 bits per heavy atom. The molecule has 1 aromatic carbocycles. The number of hydrogen-bond donors (Lipinski definition) is 0. The molecule has 0 N–H and O–H groups in total. The molecule has 1 fully saturated rings. The van der Waals surface area contributed by atoms with E-state index in [1.165, 1.54) is 23.5 Å². The zero-order valence-corrected chi connectivity index (χ0v) is 15.6. The van der Waals surface area contributed by atoms with E-state index < -0.39 is 0 Å². The van der Waals surface area contributed by atoms with Crippen molar-refractivity contribution in [1.82, 2.24) is 19.2 Å². The minimum atomic E-state index is -0.310. The Hall–Kier alpha value is -1.80. The third-order valence-corrected chi connectivity index (χ3v) is 5.72. The summed E-state index contributed by atoms with van der Waals surface area (Å²) < 4.78 is 14.7. The quantitative estimate of drug-likeness (QED) is 0.684. The van der Waals surface area contributed by atoms with Crippen LogP contribution in [-0.4, -0.2) is 45.4 Å². The van der Waals surface area contributed by atoms with Crippen LogP contribution in [0.15, 0.2) is 40.6 Å². The van der Waals surface area contributed by atoms with Gasteiger partial charge in [-0.2, -0.15) is 0 Å². The smallest absolute Gasteiger partial charge is 0.258 e. The van der Waals surface area contributed by atoms with Gasteiger partial charge in [0.15, 0.2) is 4.96 Å². The molecule has 0 bridgehead atoms. The second-order valence-corrected chi connectivity index (χ2v) is 7.71. The van der Waals surface area contributed by atoms with E-state index in [1.54, 1.807) is 22.7 Å². The molecule has 0 amide bonds. The Labute approximate surface area is 159 Å². The highest BCUT2D eigenvalue weighted by Crippen LogP contribution is 2.20. The third kappa shape index (κ3) is 3.81. The number of rotatable bonds is 4. The lowest BCUT2D eigenvalue weighted by molar-refractivity contribution is 0.121. The molecule has 0 atom stereocenters. The van der Waals surface area contributed by atoms with Crippen LogP contribution >= 0.6 is 22.9 Å². The van der Waals surface area contributed by atoms with Gasteiger partial charge in [-0.15, -0.1) is 11.3 Å². The molecule has 3 heterocycles. The van der Waals surface area contributed by atoms with E-state index in [2.05, 4.69) is 14.8 Å². The maximum absolute atomic E-state index is 13.2. The molecule has 1 aliphatic rings. The average molecular weight is 393 g/mol. The van der Waals surface area contributed by atoms with Crippen molar-refractivity contribution in [2.75, 3.05) is 26.2 Å². The van der Waals surface area contributed by atoms with Gasteiger partial charge in [-0.05, 0) is 17.7 Å². The number of nitrogens with zero attached hydrogens (tertiary/aromatic N) is 4. The van der Waals surface area contributed by atoms with Crippen LogP contribution in [0.3, 0.4) is 0 Å². The number of thiazole rings is 1. The molecule has 4 rings (SSSR count). The molecule has 0 aliphatic carbocycles. The SMILES string of the molecule is O=c1cc(CN2CCN(Cc3ccc(F)cc3Cl)CC2)nc2sccn12. The Kier molecular flexibility index (Phi) is 5.04. The van der Waals surface area contributed by atoms with Gasteiger partial charge >= 0.3 is 0 Å². The number of fused-ring (bicyclic) bond motifs is 1. The van der Waals surface area contributed by atoms with Gasteiger partial charge in [-0.1, -0.05) is 17.7 Å². The van der Waals surface area contributed by atoms with Crippen LogP contribution in [0.5, 0.6) is 0 Å². The molecule has 0 radical (unpaired) electrons. The van der Waals surface area contributed by atoms with Crippen molar-refractivity contribution in [3.63, 3.8) is 0 Å². The van der Waals surface area contributed by atoms with Gasteiger partial charge in [0, 0.05) is 61.9 Å². The van der Waals surface area contributed by atoms with Crippen molar-refractivity contribution in [3.8, 4) is 0 Å². The Bertz CT molecular complexity index is 981. The molecule has 0 spiro atoms. The highest BCUT2D eigenvalue weighted by atomic mass is 35.5. The van der Waals surface area contributed by atoms with Crippen molar-refractivity contribution in [2.24, 2.45) is 0 Å². The first-order valence-electron chi connectivity index (χ1n) is 8.43. The largest absolute Gasteiger partial charge is 0.296 e. The maximum atomic E-state index is 13.2. The molecular formula is C18H18ClFN4OS. The molecule has 5 nitrogen and oxygen atoms in total. The zero-order valence-electron chi connectivity index (χ0n) is 14.1. The summed E-state index contributed by atoms with van der Waals surface area (Å²) in [5, 5.41) is 2.34. The second-order valence-electron chi connectivity index (χ2n) is 6.43. The van der Waals surface area contributed by atoms with Gasteiger partial charge in [-0.3, -0.25) is 19.0 Å². The molecule has 1 aliphatic heterocycles. The van der Waals surface area contributed by atoms with E-state index in [9.17, 15) is 9.18 Å². The fourth-order valence-electron chi connectivity index (χ4n) is 3.19. The van der Waals surface area contributed by atoms with Crippen LogP contribution in [0.2, 0.25) is 5.02 Å². The van der Waals surface area contributed by atoms with Gasteiger partial charge in [0.25, 0.3) is 5.56 Å². The van der Waals surface area contributed by atoms with E-state index in [0.717, 1.165) is 42.4 Å². The summed E-state index contributed by atoms with van der Waals surface area (Å²) in [7, 11) is 0. The number of piperazine rings is 1. The molecular weight excluding hydrogens is 375 g/mol. The predicted molar refractivity (Wildman–Crippen MR) is 101 cm³/mol. The van der Waals surface area contributed by atoms with E-state index in [1.807, 2.05) is 5.38 Å². The maximum Gasteiger partial charge on any atom is 0.258 e. The highest BCUT2D eigenvalue weighted by molar-refractivity contribution is 7.15. The average Bonchev–Trinajstić information content (AvgIpc) is 3.08. The van der Waals surface area contributed by atoms with Crippen molar-refractivity contribution in [3.05, 3.63) is 68.3 Å². The summed E-state index contributed by atoms with van der Waals surface area (Å²) in [5.74, 6) is -0.310. The minimum Gasteiger partial charge on any atom is -0.296 e. The number of halogens is 2. The fraction of sp³-hybridized carbons (Fsp3) is 0.333. The molecule has 3 aromatic rings. The fourth-order valence-corrected chi connectivity index (χ4v) is 4.16. The van der Waals surface area contributed by atoms with Crippen LogP contribution < -0.4 is 5.56 Å². The first-order chi connectivity index (χ1) is 12.6. The van der Waals surface area contributed by atoms with Gasteiger partial charge in [0.05, 0.1) is 5.69 Å². The van der Waals surface area contributed by atoms with Gasteiger partial charge < -0.3 is 0 Å². The molecule has 0 saturated carbocycles. The van der Waals surface area contributed by atoms with Crippen LogP contribution in [0, 0.1) is 5.82 Å². The second kappa shape index (κ2) is 7.44.